The van der Waals surface area contributed by atoms with E-state index in [-0.39, 0.29) is 11.7 Å². The molecule has 1 saturated carbocycles. The first-order valence-electron chi connectivity index (χ1n) is 6.07. The molecular formula is C14H19NO2. The molecule has 3 nitrogen and oxygen atoms in total. The number of benzene rings is 1. The summed E-state index contributed by atoms with van der Waals surface area (Å²) in [5.74, 6) is 0.917. The molecule has 1 aliphatic carbocycles. The molecule has 1 fully saturated rings. The molecule has 0 aromatic heterocycles. The van der Waals surface area contributed by atoms with Crippen LogP contribution in [0.5, 0.6) is 5.75 Å². The smallest absolute Gasteiger partial charge is 0.254 e. The summed E-state index contributed by atoms with van der Waals surface area (Å²) in [6, 6.07) is 5.19. The maximum atomic E-state index is 12.3. The highest BCUT2D eigenvalue weighted by atomic mass is 16.3. The normalized spacial score (nSPS) is 16.6. The maximum absolute atomic E-state index is 12.3. The number of aromatic hydroxyl groups is 1. The van der Waals surface area contributed by atoms with Crippen molar-refractivity contribution in [3.05, 3.63) is 29.3 Å². The molecule has 0 saturated heterocycles. The van der Waals surface area contributed by atoms with Gasteiger partial charge >= 0.3 is 0 Å². The van der Waals surface area contributed by atoms with Crippen LogP contribution in [-0.2, 0) is 0 Å². The van der Waals surface area contributed by atoms with Crippen LogP contribution in [0.1, 0.15) is 35.7 Å². The SMILES string of the molecule is Cc1cc(O)ccc1C(=O)N(C)C(C)C1CC1. The number of amides is 1. The minimum atomic E-state index is 0.0434. The Balaban J connectivity index is 2.18. The first-order valence-corrected chi connectivity index (χ1v) is 6.07. The Hall–Kier alpha value is -1.51. The standard InChI is InChI=1S/C14H19NO2/c1-9-8-12(16)6-7-13(9)14(17)15(3)10(2)11-4-5-11/h6-8,10-11,16H,4-5H2,1-3H3. The van der Waals surface area contributed by atoms with Gasteiger partial charge in [-0.25, -0.2) is 0 Å². The lowest BCUT2D eigenvalue weighted by Gasteiger charge is -2.25. The molecule has 0 aliphatic heterocycles. The molecule has 2 rings (SSSR count). The number of phenols is 1. The lowest BCUT2D eigenvalue weighted by atomic mass is 10.1. The third-order valence-corrected chi connectivity index (χ3v) is 3.68. The van der Waals surface area contributed by atoms with Crippen molar-refractivity contribution >= 4 is 5.91 Å². The van der Waals surface area contributed by atoms with E-state index in [1.807, 2.05) is 18.9 Å². The summed E-state index contributed by atoms with van der Waals surface area (Å²) in [5, 5.41) is 9.34. The number of carbonyl (C=O) groups excluding carboxylic acids is 1. The molecular weight excluding hydrogens is 214 g/mol. The molecule has 1 unspecified atom stereocenters. The van der Waals surface area contributed by atoms with Gasteiger partial charge in [-0.3, -0.25) is 4.79 Å². The van der Waals surface area contributed by atoms with E-state index in [9.17, 15) is 9.90 Å². The monoisotopic (exact) mass is 233 g/mol. The molecule has 0 spiro atoms. The first-order chi connectivity index (χ1) is 8.00. The fourth-order valence-electron chi connectivity index (χ4n) is 2.16. The van der Waals surface area contributed by atoms with Crippen molar-refractivity contribution in [3.63, 3.8) is 0 Å². The third kappa shape index (κ3) is 2.43. The van der Waals surface area contributed by atoms with E-state index in [4.69, 9.17) is 0 Å². The molecule has 3 heteroatoms. The Morgan fingerprint density at radius 3 is 2.65 bits per heavy atom. The van der Waals surface area contributed by atoms with Gasteiger partial charge in [0.25, 0.3) is 5.91 Å². The quantitative estimate of drug-likeness (QED) is 0.871. The number of hydrogen-bond donors (Lipinski definition) is 1. The average molecular weight is 233 g/mol. The Morgan fingerprint density at radius 2 is 2.12 bits per heavy atom. The van der Waals surface area contributed by atoms with Crippen molar-refractivity contribution in [1.29, 1.82) is 0 Å². The van der Waals surface area contributed by atoms with Gasteiger partial charge in [0, 0.05) is 18.7 Å². The zero-order chi connectivity index (χ0) is 12.6. The average Bonchev–Trinajstić information content (AvgIpc) is 3.10. The number of carbonyl (C=O) groups is 1. The van der Waals surface area contributed by atoms with E-state index in [0.717, 1.165) is 5.56 Å². The number of rotatable bonds is 3. The van der Waals surface area contributed by atoms with E-state index in [1.165, 1.54) is 12.8 Å². The summed E-state index contributed by atoms with van der Waals surface area (Å²) < 4.78 is 0. The lowest BCUT2D eigenvalue weighted by molar-refractivity contribution is 0.0726. The van der Waals surface area contributed by atoms with Gasteiger partial charge < -0.3 is 10.0 Å². The van der Waals surface area contributed by atoms with Gasteiger partial charge in [-0.2, -0.15) is 0 Å². The zero-order valence-electron chi connectivity index (χ0n) is 10.6. The van der Waals surface area contributed by atoms with Crippen LogP contribution in [0.2, 0.25) is 0 Å². The Bertz CT molecular complexity index is 438. The number of aryl methyl sites for hydroxylation is 1. The van der Waals surface area contributed by atoms with Gasteiger partial charge in [0.2, 0.25) is 0 Å². The first kappa shape index (κ1) is 12.0. The van der Waals surface area contributed by atoms with Crippen molar-refractivity contribution in [2.45, 2.75) is 32.7 Å². The maximum Gasteiger partial charge on any atom is 0.254 e. The summed E-state index contributed by atoms with van der Waals surface area (Å²) in [5.41, 5.74) is 1.50. The largest absolute Gasteiger partial charge is 0.508 e. The van der Waals surface area contributed by atoms with Crippen LogP contribution in [-0.4, -0.2) is 29.0 Å². The lowest BCUT2D eigenvalue weighted by Crippen LogP contribution is -2.36. The Labute approximate surface area is 102 Å². The highest BCUT2D eigenvalue weighted by molar-refractivity contribution is 5.95. The van der Waals surface area contributed by atoms with E-state index in [1.54, 1.807) is 18.2 Å². The molecule has 0 heterocycles. The number of phenolic OH excluding ortho intramolecular Hbond substituents is 1. The molecule has 1 N–H and O–H groups in total. The fourth-order valence-corrected chi connectivity index (χ4v) is 2.16. The van der Waals surface area contributed by atoms with Crippen LogP contribution in [0.3, 0.4) is 0 Å². The summed E-state index contributed by atoms with van der Waals surface area (Å²) in [4.78, 5) is 14.1. The van der Waals surface area contributed by atoms with Crippen molar-refractivity contribution in [2.75, 3.05) is 7.05 Å². The Kier molecular flexibility index (Phi) is 3.09. The van der Waals surface area contributed by atoms with Crippen LogP contribution in [0.4, 0.5) is 0 Å². The van der Waals surface area contributed by atoms with Gasteiger partial charge in [-0.1, -0.05) is 0 Å². The van der Waals surface area contributed by atoms with Gasteiger partial charge in [0.1, 0.15) is 5.75 Å². The van der Waals surface area contributed by atoms with Crippen LogP contribution < -0.4 is 0 Å². The van der Waals surface area contributed by atoms with Gasteiger partial charge in [0.15, 0.2) is 0 Å². The topological polar surface area (TPSA) is 40.5 Å². The van der Waals surface area contributed by atoms with E-state index < -0.39 is 0 Å². The molecule has 17 heavy (non-hydrogen) atoms. The predicted octanol–water partition coefficient (Wildman–Crippen LogP) is 2.57. The fraction of sp³-hybridized carbons (Fsp3) is 0.500. The van der Waals surface area contributed by atoms with Crippen molar-refractivity contribution in [3.8, 4) is 5.75 Å². The third-order valence-electron chi connectivity index (χ3n) is 3.68. The van der Waals surface area contributed by atoms with Crippen LogP contribution in [0.15, 0.2) is 18.2 Å². The second kappa shape index (κ2) is 4.40. The highest BCUT2D eigenvalue weighted by Gasteiger charge is 2.32. The van der Waals surface area contributed by atoms with Gasteiger partial charge in [-0.15, -0.1) is 0 Å². The minimum Gasteiger partial charge on any atom is -0.508 e. The summed E-state index contributed by atoms with van der Waals surface area (Å²) in [6.07, 6.45) is 2.46. The number of hydrogen-bond acceptors (Lipinski definition) is 2. The van der Waals surface area contributed by atoms with Crippen molar-refractivity contribution in [2.24, 2.45) is 5.92 Å². The second-order valence-corrected chi connectivity index (χ2v) is 4.99. The predicted molar refractivity (Wildman–Crippen MR) is 67.1 cm³/mol. The Morgan fingerprint density at radius 1 is 1.47 bits per heavy atom. The summed E-state index contributed by atoms with van der Waals surface area (Å²) in [6.45, 7) is 3.95. The van der Waals surface area contributed by atoms with E-state index >= 15 is 0 Å². The number of nitrogens with zero attached hydrogens (tertiary/aromatic N) is 1. The molecule has 0 bridgehead atoms. The van der Waals surface area contributed by atoms with Crippen LogP contribution in [0, 0.1) is 12.8 Å². The van der Waals surface area contributed by atoms with Gasteiger partial charge in [0.05, 0.1) is 0 Å². The highest BCUT2D eigenvalue weighted by Crippen LogP contribution is 2.35. The molecule has 1 amide bonds. The molecule has 1 aromatic rings. The van der Waals surface area contributed by atoms with E-state index in [2.05, 4.69) is 6.92 Å². The van der Waals surface area contributed by atoms with Crippen molar-refractivity contribution in [1.82, 2.24) is 4.90 Å². The molecule has 1 aliphatic rings. The molecule has 92 valence electrons. The summed E-state index contributed by atoms with van der Waals surface area (Å²) >= 11 is 0. The molecule has 0 radical (unpaired) electrons. The van der Waals surface area contributed by atoms with Crippen LogP contribution >= 0.6 is 0 Å². The van der Waals surface area contributed by atoms with E-state index in [0.29, 0.717) is 17.5 Å². The second-order valence-electron chi connectivity index (χ2n) is 4.99. The van der Waals surface area contributed by atoms with Crippen LogP contribution in [0.25, 0.3) is 0 Å². The van der Waals surface area contributed by atoms with Crippen molar-refractivity contribution < 1.29 is 9.90 Å². The molecule has 1 aromatic carbocycles. The van der Waals surface area contributed by atoms with Gasteiger partial charge in [-0.05, 0) is 56.4 Å². The summed E-state index contributed by atoms with van der Waals surface area (Å²) in [7, 11) is 1.86. The molecule has 1 atom stereocenters. The zero-order valence-corrected chi connectivity index (χ0v) is 10.6. The minimum absolute atomic E-state index is 0.0434.